The quantitative estimate of drug-likeness (QED) is 0.716. The Morgan fingerprint density at radius 3 is 2.90 bits per heavy atom. The maximum Gasteiger partial charge on any atom is 0.272 e. The molecule has 1 aliphatic rings. The third kappa shape index (κ3) is 1.60. The molecule has 0 bridgehead atoms. The van der Waals surface area contributed by atoms with Gasteiger partial charge in [-0.2, -0.15) is 5.10 Å². The Kier molecular flexibility index (Phi) is 2.76. The third-order valence-corrected chi connectivity index (χ3v) is 3.32. The van der Waals surface area contributed by atoms with Crippen molar-refractivity contribution in [3.8, 4) is 0 Å². The first-order valence-electron chi connectivity index (χ1n) is 6.13. The number of carbonyl (C=O) groups is 2. The van der Waals surface area contributed by atoms with Crippen LogP contribution in [-0.2, 0) is 6.54 Å². The van der Waals surface area contributed by atoms with Crippen LogP contribution in [0.3, 0.4) is 0 Å². The highest BCUT2D eigenvalue weighted by molar-refractivity contribution is 6.18. The number of benzene rings is 1. The van der Waals surface area contributed by atoms with Crippen LogP contribution in [0.15, 0.2) is 23.3 Å². The van der Waals surface area contributed by atoms with E-state index in [1.165, 1.54) is 6.21 Å². The molecule has 102 valence electrons. The second-order valence-electron chi connectivity index (χ2n) is 4.47. The first kappa shape index (κ1) is 12.4. The van der Waals surface area contributed by atoms with E-state index < -0.39 is 5.91 Å². The highest BCUT2D eigenvalue weighted by atomic mass is 16.2. The largest absolute Gasteiger partial charge is 0.364 e. The molecular weight excluding hydrogens is 258 g/mol. The van der Waals surface area contributed by atoms with Crippen molar-refractivity contribution in [2.24, 2.45) is 16.6 Å². The Hall–Kier alpha value is -2.67. The minimum atomic E-state index is -0.573. The number of rotatable bonds is 3. The number of nitrogens with two attached hydrogens (primary N) is 2. The van der Waals surface area contributed by atoms with Crippen LogP contribution in [0, 0.1) is 0 Å². The molecular formula is C13H13N5O2. The highest BCUT2D eigenvalue weighted by Gasteiger charge is 2.25. The summed E-state index contributed by atoms with van der Waals surface area (Å²) in [5, 5.41) is 4.51. The Bertz CT molecular complexity index is 760. The summed E-state index contributed by atoms with van der Waals surface area (Å²) in [6, 6.07) is 5.27. The second kappa shape index (κ2) is 4.46. The van der Waals surface area contributed by atoms with Gasteiger partial charge in [0.25, 0.3) is 11.8 Å². The van der Waals surface area contributed by atoms with Gasteiger partial charge in [-0.1, -0.05) is 6.07 Å². The van der Waals surface area contributed by atoms with Gasteiger partial charge in [-0.05, 0) is 12.1 Å². The molecule has 1 aromatic heterocycles. The van der Waals surface area contributed by atoms with E-state index in [2.05, 4.69) is 10.5 Å². The summed E-state index contributed by atoms with van der Waals surface area (Å²) < 4.78 is 1.74. The standard InChI is InChI=1S/C13H13N5O2/c14-4-5-18-9-3-1-2-7-10(9)8(11(18)12(15)19)6-16-17-13(7)20/h1-3,6H,4-5,14H2,(H2,15,19)(H,17,20). The zero-order valence-corrected chi connectivity index (χ0v) is 10.6. The molecule has 7 nitrogen and oxygen atoms in total. The van der Waals surface area contributed by atoms with E-state index in [4.69, 9.17) is 11.5 Å². The van der Waals surface area contributed by atoms with Gasteiger partial charge >= 0.3 is 0 Å². The van der Waals surface area contributed by atoms with Crippen molar-refractivity contribution in [2.75, 3.05) is 6.54 Å². The van der Waals surface area contributed by atoms with Crippen molar-refractivity contribution in [3.05, 3.63) is 35.0 Å². The molecule has 2 aromatic rings. The Morgan fingerprint density at radius 2 is 2.20 bits per heavy atom. The number of nitrogens with zero attached hydrogens (tertiary/aromatic N) is 2. The maximum atomic E-state index is 12.0. The van der Waals surface area contributed by atoms with Crippen LogP contribution in [0.1, 0.15) is 26.4 Å². The Morgan fingerprint density at radius 1 is 1.40 bits per heavy atom. The zero-order chi connectivity index (χ0) is 14.3. The van der Waals surface area contributed by atoms with Gasteiger partial charge in [-0.3, -0.25) is 9.59 Å². The van der Waals surface area contributed by atoms with Crippen LogP contribution < -0.4 is 16.9 Å². The topological polar surface area (TPSA) is 115 Å². The van der Waals surface area contributed by atoms with E-state index in [0.717, 1.165) is 5.52 Å². The van der Waals surface area contributed by atoms with Gasteiger partial charge in [-0.25, -0.2) is 5.43 Å². The van der Waals surface area contributed by atoms with Crippen LogP contribution in [0.5, 0.6) is 0 Å². The molecule has 1 aromatic carbocycles. The minimum absolute atomic E-state index is 0.313. The van der Waals surface area contributed by atoms with Gasteiger partial charge in [0, 0.05) is 24.0 Å². The summed E-state index contributed by atoms with van der Waals surface area (Å²) in [6.45, 7) is 0.796. The lowest BCUT2D eigenvalue weighted by molar-refractivity contribution is 0.0955. The molecule has 0 fully saturated rings. The molecule has 1 aliphatic heterocycles. The Labute approximate surface area is 114 Å². The average molecular weight is 271 g/mol. The molecule has 0 unspecified atom stereocenters. The number of primary amides is 1. The van der Waals surface area contributed by atoms with Crippen LogP contribution in [-0.4, -0.2) is 29.1 Å². The second-order valence-corrected chi connectivity index (χ2v) is 4.47. The maximum absolute atomic E-state index is 12.0. The van der Waals surface area contributed by atoms with Gasteiger partial charge in [0.1, 0.15) is 5.69 Å². The predicted molar refractivity (Wildman–Crippen MR) is 74.6 cm³/mol. The van der Waals surface area contributed by atoms with E-state index >= 15 is 0 Å². The molecule has 0 saturated heterocycles. The first-order chi connectivity index (χ1) is 9.65. The zero-order valence-electron chi connectivity index (χ0n) is 10.6. The van der Waals surface area contributed by atoms with Crippen molar-refractivity contribution in [1.82, 2.24) is 9.99 Å². The molecule has 2 heterocycles. The predicted octanol–water partition coefficient (Wildman–Crippen LogP) is -0.224. The van der Waals surface area contributed by atoms with E-state index in [-0.39, 0.29) is 5.91 Å². The highest BCUT2D eigenvalue weighted by Crippen LogP contribution is 2.29. The van der Waals surface area contributed by atoms with Crippen LogP contribution >= 0.6 is 0 Å². The van der Waals surface area contributed by atoms with E-state index in [1.54, 1.807) is 16.7 Å². The van der Waals surface area contributed by atoms with Gasteiger partial charge in [-0.15, -0.1) is 0 Å². The van der Waals surface area contributed by atoms with Gasteiger partial charge in [0.05, 0.1) is 17.3 Å². The molecule has 0 spiro atoms. The number of amides is 2. The fourth-order valence-electron chi connectivity index (χ4n) is 2.59. The fourth-order valence-corrected chi connectivity index (χ4v) is 2.59. The lowest BCUT2D eigenvalue weighted by atomic mass is 10.1. The minimum Gasteiger partial charge on any atom is -0.364 e. The smallest absolute Gasteiger partial charge is 0.272 e. The molecule has 0 aliphatic carbocycles. The molecule has 7 heteroatoms. The van der Waals surface area contributed by atoms with Crippen molar-refractivity contribution in [2.45, 2.75) is 6.54 Å². The molecule has 2 amide bonds. The molecule has 3 rings (SSSR count). The normalized spacial score (nSPS) is 13.3. The van der Waals surface area contributed by atoms with Gasteiger partial charge < -0.3 is 16.0 Å². The molecule has 5 N–H and O–H groups in total. The summed E-state index contributed by atoms with van der Waals surface area (Å²) in [7, 11) is 0. The monoisotopic (exact) mass is 271 g/mol. The van der Waals surface area contributed by atoms with Crippen LogP contribution in [0.2, 0.25) is 0 Å². The number of nitrogens with one attached hydrogen (secondary N) is 1. The number of aromatic nitrogens is 1. The van der Waals surface area contributed by atoms with Gasteiger partial charge in [0.2, 0.25) is 0 Å². The number of hydrazone groups is 1. The number of hydrogen-bond donors (Lipinski definition) is 3. The fraction of sp³-hybridized carbons (Fsp3) is 0.154. The van der Waals surface area contributed by atoms with Gasteiger partial charge in [0.15, 0.2) is 0 Å². The molecule has 0 atom stereocenters. The molecule has 0 radical (unpaired) electrons. The van der Waals surface area contributed by atoms with Crippen molar-refractivity contribution in [3.63, 3.8) is 0 Å². The SMILES string of the molecule is NCCn1c(C(N)=O)c2c3c(cccc31)C(=O)NN=C2. The number of carbonyl (C=O) groups excluding carboxylic acids is 2. The third-order valence-electron chi connectivity index (χ3n) is 3.32. The van der Waals surface area contributed by atoms with E-state index in [1.807, 2.05) is 6.07 Å². The summed E-state index contributed by atoms with van der Waals surface area (Å²) in [4.78, 5) is 23.7. The summed E-state index contributed by atoms with van der Waals surface area (Å²) >= 11 is 0. The van der Waals surface area contributed by atoms with Crippen LogP contribution in [0.25, 0.3) is 10.9 Å². The van der Waals surface area contributed by atoms with Crippen molar-refractivity contribution >= 4 is 28.9 Å². The van der Waals surface area contributed by atoms with Crippen LogP contribution in [0.4, 0.5) is 0 Å². The van der Waals surface area contributed by atoms with E-state index in [0.29, 0.717) is 35.3 Å². The lowest BCUT2D eigenvalue weighted by Gasteiger charge is -2.07. The van der Waals surface area contributed by atoms with Crippen molar-refractivity contribution < 1.29 is 9.59 Å². The average Bonchev–Trinajstić information content (AvgIpc) is 2.63. The lowest BCUT2D eigenvalue weighted by Crippen LogP contribution is -2.21. The van der Waals surface area contributed by atoms with Crippen molar-refractivity contribution in [1.29, 1.82) is 0 Å². The Balaban J connectivity index is 2.49. The number of hydrogen-bond acceptors (Lipinski definition) is 4. The van der Waals surface area contributed by atoms with E-state index in [9.17, 15) is 9.59 Å². The molecule has 0 saturated carbocycles. The first-order valence-corrected chi connectivity index (χ1v) is 6.13. The summed E-state index contributed by atoms with van der Waals surface area (Å²) in [5.74, 6) is -0.886. The molecule has 20 heavy (non-hydrogen) atoms. The summed E-state index contributed by atoms with van der Waals surface area (Å²) in [6.07, 6.45) is 1.45. The summed E-state index contributed by atoms with van der Waals surface area (Å²) in [5.41, 5.74) is 15.6.